The van der Waals surface area contributed by atoms with Gasteiger partial charge in [-0.15, -0.1) is 10.2 Å². The lowest BCUT2D eigenvalue weighted by Gasteiger charge is -2.11. The molecule has 10 heteroatoms. The fourth-order valence-corrected chi connectivity index (χ4v) is 3.80. The number of aryl methyl sites for hydroxylation is 2. The molecule has 0 spiro atoms. The van der Waals surface area contributed by atoms with Crippen molar-refractivity contribution in [2.24, 2.45) is 0 Å². The number of carbonyl (C=O) groups excluding carboxylic acids is 1. The molecule has 1 amide bonds. The molecule has 0 bridgehead atoms. The van der Waals surface area contributed by atoms with Crippen LogP contribution in [-0.4, -0.2) is 26.8 Å². The number of nitro benzene ring substituents is 1. The van der Waals surface area contributed by atoms with Gasteiger partial charge in [-0.3, -0.25) is 14.9 Å². The van der Waals surface area contributed by atoms with Gasteiger partial charge >= 0.3 is 0 Å². The Labute approximate surface area is 173 Å². The Kier molecular flexibility index (Phi) is 6.10. The zero-order valence-electron chi connectivity index (χ0n) is 14.9. The second-order valence-corrected chi connectivity index (χ2v) is 7.77. The summed E-state index contributed by atoms with van der Waals surface area (Å²) in [4.78, 5) is 22.6. The number of rotatable bonds is 6. The number of hydrogen-bond donors (Lipinski definition) is 1. The van der Waals surface area contributed by atoms with Gasteiger partial charge in [-0.25, -0.2) is 0 Å². The van der Waals surface area contributed by atoms with Gasteiger partial charge in [-0.05, 0) is 43.2 Å². The van der Waals surface area contributed by atoms with Gasteiger partial charge < -0.3 is 9.73 Å². The molecule has 1 N–H and O–H groups in total. The van der Waals surface area contributed by atoms with E-state index in [1.165, 1.54) is 12.1 Å². The molecule has 0 unspecified atom stereocenters. The Hall–Kier alpha value is -2.72. The SMILES string of the molecule is Cc1cc(Br)cc(C)c1NC(=O)CSc1nnc(-c2cccc([N+](=O)[O-])c2)o1. The van der Waals surface area contributed by atoms with Crippen LogP contribution in [0, 0.1) is 24.0 Å². The van der Waals surface area contributed by atoms with E-state index in [1.807, 2.05) is 26.0 Å². The summed E-state index contributed by atoms with van der Waals surface area (Å²) in [6.45, 7) is 3.84. The first-order valence-corrected chi connectivity index (χ1v) is 9.89. The second-order valence-electron chi connectivity index (χ2n) is 5.93. The number of thioether (sulfide) groups is 1. The molecule has 0 aliphatic heterocycles. The minimum atomic E-state index is -0.494. The van der Waals surface area contributed by atoms with Gasteiger partial charge in [0.1, 0.15) is 0 Å². The van der Waals surface area contributed by atoms with Crippen LogP contribution in [-0.2, 0) is 4.79 Å². The van der Waals surface area contributed by atoms with Crippen LogP contribution < -0.4 is 5.32 Å². The zero-order chi connectivity index (χ0) is 20.3. The largest absolute Gasteiger partial charge is 0.411 e. The van der Waals surface area contributed by atoms with E-state index in [-0.39, 0.29) is 28.5 Å². The minimum absolute atomic E-state index is 0.0653. The lowest BCUT2D eigenvalue weighted by molar-refractivity contribution is -0.384. The average molecular weight is 463 g/mol. The molecule has 28 heavy (non-hydrogen) atoms. The highest BCUT2D eigenvalue weighted by Gasteiger charge is 2.15. The van der Waals surface area contributed by atoms with E-state index in [1.54, 1.807) is 12.1 Å². The highest BCUT2D eigenvalue weighted by atomic mass is 79.9. The first-order valence-electron chi connectivity index (χ1n) is 8.11. The summed E-state index contributed by atoms with van der Waals surface area (Å²) in [6, 6.07) is 9.78. The van der Waals surface area contributed by atoms with Gasteiger partial charge in [0.15, 0.2) is 0 Å². The van der Waals surface area contributed by atoms with Crippen LogP contribution in [0.15, 0.2) is 50.5 Å². The van der Waals surface area contributed by atoms with Crippen LogP contribution in [0.1, 0.15) is 11.1 Å². The van der Waals surface area contributed by atoms with Gasteiger partial charge in [-0.1, -0.05) is 33.8 Å². The normalized spacial score (nSPS) is 10.7. The number of anilines is 1. The third-order valence-corrected chi connectivity index (χ3v) is 5.08. The summed E-state index contributed by atoms with van der Waals surface area (Å²) in [7, 11) is 0. The maximum atomic E-state index is 12.3. The van der Waals surface area contributed by atoms with E-state index >= 15 is 0 Å². The van der Waals surface area contributed by atoms with Crippen LogP contribution in [0.4, 0.5) is 11.4 Å². The lowest BCUT2D eigenvalue weighted by atomic mass is 10.1. The van der Waals surface area contributed by atoms with Crippen molar-refractivity contribution in [2.75, 3.05) is 11.1 Å². The topological polar surface area (TPSA) is 111 Å². The standard InChI is InChI=1S/C18H15BrN4O4S/c1-10-6-13(19)7-11(2)16(10)20-15(24)9-28-18-22-21-17(27-18)12-4-3-5-14(8-12)23(25)26/h3-8H,9H2,1-2H3,(H,20,24). The summed E-state index contributed by atoms with van der Waals surface area (Å²) >= 11 is 4.52. The number of benzene rings is 2. The number of nitrogens with one attached hydrogen (secondary N) is 1. The molecule has 144 valence electrons. The smallest absolute Gasteiger partial charge is 0.277 e. The second kappa shape index (κ2) is 8.53. The minimum Gasteiger partial charge on any atom is -0.411 e. The van der Waals surface area contributed by atoms with Crippen molar-refractivity contribution in [2.45, 2.75) is 19.1 Å². The highest BCUT2D eigenvalue weighted by molar-refractivity contribution is 9.10. The van der Waals surface area contributed by atoms with Gasteiger partial charge in [0.05, 0.1) is 10.7 Å². The summed E-state index contributed by atoms with van der Waals surface area (Å²) in [5, 5.41) is 21.7. The highest BCUT2D eigenvalue weighted by Crippen LogP contribution is 2.27. The molecule has 8 nitrogen and oxygen atoms in total. The molecule has 0 aliphatic rings. The van der Waals surface area contributed by atoms with Crippen molar-refractivity contribution in [3.05, 3.63) is 62.1 Å². The number of halogens is 1. The van der Waals surface area contributed by atoms with Gasteiger partial charge in [0, 0.05) is 27.9 Å². The number of aromatic nitrogens is 2. The van der Waals surface area contributed by atoms with E-state index in [4.69, 9.17) is 4.42 Å². The fourth-order valence-electron chi connectivity index (χ4n) is 2.55. The number of carbonyl (C=O) groups is 1. The Morgan fingerprint density at radius 2 is 1.96 bits per heavy atom. The molecule has 0 aliphatic carbocycles. The van der Waals surface area contributed by atoms with Crippen molar-refractivity contribution in [3.63, 3.8) is 0 Å². The van der Waals surface area contributed by atoms with E-state index < -0.39 is 4.92 Å². The van der Waals surface area contributed by atoms with Crippen molar-refractivity contribution in [1.82, 2.24) is 10.2 Å². The third kappa shape index (κ3) is 4.76. The number of amides is 1. The summed E-state index contributed by atoms with van der Waals surface area (Å²) in [5.41, 5.74) is 3.06. The Morgan fingerprint density at radius 1 is 1.25 bits per heavy atom. The van der Waals surface area contributed by atoms with Crippen molar-refractivity contribution < 1.29 is 14.1 Å². The van der Waals surface area contributed by atoms with Crippen LogP contribution in [0.3, 0.4) is 0 Å². The van der Waals surface area contributed by atoms with Crippen molar-refractivity contribution in [1.29, 1.82) is 0 Å². The summed E-state index contributed by atoms with van der Waals surface area (Å²) in [6.07, 6.45) is 0. The number of nitrogens with zero attached hydrogens (tertiary/aromatic N) is 3. The van der Waals surface area contributed by atoms with Crippen molar-refractivity contribution >= 4 is 45.0 Å². The van der Waals surface area contributed by atoms with Crippen LogP contribution in [0.5, 0.6) is 0 Å². The van der Waals surface area contributed by atoms with Crippen LogP contribution in [0.2, 0.25) is 0 Å². The molecule has 3 rings (SSSR count). The lowest BCUT2D eigenvalue weighted by Crippen LogP contribution is -2.15. The van der Waals surface area contributed by atoms with Gasteiger partial charge in [0.2, 0.25) is 11.8 Å². The maximum absolute atomic E-state index is 12.3. The first-order chi connectivity index (χ1) is 13.3. The first kappa shape index (κ1) is 20.0. The molecule has 3 aromatic rings. The fraction of sp³-hybridized carbons (Fsp3) is 0.167. The number of nitro groups is 1. The molecule has 2 aromatic carbocycles. The van der Waals surface area contributed by atoms with E-state index in [0.717, 1.165) is 33.0 Å². The van der Waals surface area contributed by atoms with E-state index in [9.17, 15) is 14.9 Å². The Bertz CT molecular complexity index is 1030. The van der Waals surface area contributed by atoms with Crippen molar-refractivity contribution in [3.8, 4) is 11.5 Å². The quantitative estimate of drug-likeness (QED) is 0.319. The number of hydrogen-bond acceptors (Lipinski definition) is 7. The molecule has 0 saturated carbocycles. The monoisotopic (exact) mass is 462 g/mol. The molecular formula is C18H15BrN4O4S. The van der Waals surface area contributed by atoms with Crippen LogP contribution >= 0.6 is 27.7 Å². The molecule has 0 saturated heterocycles. The van der Waals surface area contributed by atoms with E-state index in [2.05, 4.69) is 31.4 Å². The van der Waals surface area contributed by atoms with Gasteiger partial charge in [0.25, 0.3) is 10.9 Å². The Morgan fingerprint density at radius 3 is 2.64 bits per heavy atom. The maximum Gasteiger partial charge on any atom is 0.277 e. The zero-order valence-corrected chi connectivity index (χ0v) is 17.3. The predicted molar refractivity (Wildman–Crippen MR) is 109 cm³/mol. The third-order valence-electron chi connectivity index (χ3n) is 3.80. The molecular weight excluding hydrogens is 448 g/mol. The Balaban J connectivity index is 1.64. The molecule has 1 heterocycles. The summed E-state index contributed by atoms with van der Waals surface area (Å²) in [5.74, 6) is 0.0470. The summed E-state index contributed by atoms with van der Waals surface area (Å²) < 4.78 is 6.45. The average Bonchev–Trinajstić information content (AvgIpc) is 3.12. The molecule has 0 fully saturated rings. The number of non-ortho nitro benzene ring substituents is 1. The molecule has 1 aromatic heterocycles. The molecule has 0 radical (unpaired) electrons. The van der Waals surface area contributed by atoms with Gasteiger partial charge in [-0.2, -0.15) is 0 Å². The molecule has 0 atom stereocenters. The van der Waals surface area contributed by atoms with Crippen LogP contribution in [0.25, 0.3) is 11.5 Å². The van der Waals surface area contributed by atoms with E-state index in [0.29, 0.717) is 5.56 Å². The predicted octanol–water partition coefficient (Wildman–Crippen LogP) is 4.75.